The molecular formula is C24H30N6O3. The largest absolute Gasteiger partial charge is 0.507 e. The minimum absolute atomic E-state index is 0.0289. The number of nitrogens with zero attached hydrogens (tertiary/aromatic N) is 5. The fourth-order valence-electron chi connectivity index (χ4n) is 5.03. The van der Waals surface area contributed by atoms with Crippen molar-refractivity contribution >= 4 is 11.5 Å². The van der Waals surface area contributed by atoms with Crippen LogP contribution in [0.5, 0.6) is 5.75 Å². The number of hydrogen-bond donors (Lipinski definition) is 2. The Kier molecular flexibility index (Phi) is 5.69. The molecule has 1 aromatic heterocycles. The summed E-state index contributed by atoms with van der Waals surface area (Å²) in [7, 11) is 2.05. The van der Waals surface area contributed by atoms with Gasteiger partial charge in [0.2, 0.25) is 0 Å². The van der Waals surface area contributed by atoms with E-state index in [1.165, 1.54) is 6.08 Å². The van der Waals surface area contributed by atoms with Crippen molar-refractivity contribution in [2.45, 2.75) is 64.1 Å². The van der Waals surface area contributed by atoms with E-state index in [4.69, 9.17) is 0 Å². The first-order chi connectivity index (χ1) is 15.4. The molecule has 174 valence electrons. The first-order valence-corrected chi connectivity index (χ1v) is 11.1. The maximum Gasteiger partial charge on any atom is 0.360 e. The minimum Gasteiger partial charge on any atom is -0.507 e. The summed E-state index contributed by atoms with van der Waals surface area (Å²) in [6.45, 7) is 8.89. The lowest BCUT2D eigenvalue weighted by atomic mass is 9.79. The maximum absolute atomic E-state index is 10.9. The average Bonchev–Trinajstić information content (AvgIpc) is 3.22. The van der Waals surface area contributed by atoms with Crippen molar-refractivity contribution < 1.29 is 10.0 Å². The number of aromatic hydroxyl groups is 1. The first-order valence-electron chi connectivity index (χ1n) is 11.1. The molecule has 1 saturated heterocycles. The zero-order valence-electron chi connectivity index (χ0n) is 19.7. The van der Waals surface area contributed by atoms with E-state index in [1.807, 2.05) is 19.2 Å². The molecule has 0 saturated carbocycles. The second-order valence-electron chi connectivity index (χ2n) is 10.2. The first kappa shape index (κ1) is 22.8. The molecule has 2 aliphatic heterocycles. The molecule has 0 amide bonds. The summed E-state index contributed by atoms with van der Waals surface area (Å²) in [6.07, 6.45) is 3.82. The van der Waals surface area contributed by atoms with Crippen LogP contribution in [0, 0.1) is 10.1 Å². The van der Waals surface area contributed by atoms with Gasteiger partial charge in [-0.2, -0.15) is 0 Å². The van der Waals surface area contributed by atoms with Crippen LogP contribution in [0.1, 0.15) is 52.5 Å². The van der Waals surface area contributed by atoms with Gasteiger partial charge in [-0.25, -0.2) is 0 Å². The molecule has 1 fully saturated rings. The molecule has 0 bridgehead atoms. The Labute approximate surface area is 193 Å². The number of nitrogens with one attached hydrogen (secondary N) is 1. The van der Waals surface area contributed by atoms with Crippen molar-refractivity contribution in [2.75, 3.05) is 11.9 Å². The number of aromatic nitrogens is 2. The predicted molar refractivity (Wildman–Crippen MR) is 128 cm³/mol. The Morgan fingerprint density at radius 3 is 2.36 bits per heavy atom. The van der Waals surface area contributed by atoms with Gasteiger partial charge in [-0.1, -0.05) is 0 Å². The number of phenols is 1. The highest BCUT2D eigenvalue weighted by Gasteiger charge is 2.39. The zero-order chi connectivity index (χ0) is 24.0. The molecule has 0 radical (unpaired) electrons. The number of allylic oxidation sites excluding steroid dienone is 1. The summed E-state index contributed by atoms with van der Waals surface area (Å²) in [6, 6.07) is 9.19. The monoisotopic (exact) mass is 450 g/mol. The standard InChI is InChI=1S/C24H30N6O3/c1-23(2)13-16(14-24(3,4)28-23)29(5)22-11-9-19(26-27-22)17-7-6-15(12-20(17)31)18-8-10-21(25-18)30(32)33/h6-7,9-12,16,28,31H,8,13-14H2,1-5H3. The molecule has 0 spiro atoms. The van der Waals surface area contributed by atoms with Gasteiger partial charge in [-0.15, -0.1) is 10.2 Å². The van der Waals surface area contributed by atoms with Crippen molar-refractivity contribution in [1.29, 1.82) is 0 Å². The second-order valence-corrected chi connectivity index (χ2v) is 10.2. The molecule has 9 nitrogen and oxygen atoms in total. The Hall–Kier alpha value is -3.33. The topological polar surface area (TPSA) is 117 Å². The van der Waals surface area contributed by atoms with Crippen LogP contribution in [-0.2, 0) is 0 Å². The van der Waals surface area contributed by atoms with E-state index in [0.29, 0.717) is 35.0 Å². The summed E-state index contributed by atoms with van der Waals surface area (Å²) in [4.78, 5) is 16.6. The van der Waals surface area contributed by atoms with Crippen LogP contribution in [0.3, 0.4) is 0 Å². The number of anilines is 1. The molecule has 33 heavy (non-hydrogen) atoms. The number of nitro groups is 1. The lowest BCUT2D eigenvalue weighted by Crippen LogP contribution is -2.62. The van der Waals surface area contributed by atoms with E-state index in [1.54, 1.807) is 18.2 Å². The number of piperidine rings is 1. The van der Waals surface area contributed by atoms with Crippen LogP contribution < -0.4 is 10.2 Å². The van der Waals surface area contributed by atoms with Gasteiger partial charge in [-0.05, 0) is 80.8 Å². The van der Waals surface area contributed by atoms with E-state index in [0.717, 1.165) is 18.7 Å². The minimum atomic E-state index is -0.513. The van der Waals surface area contributed by atoms with Gasteiger partial charge < -0.3 is 25.4 Å². The highest BCUT2D eigenvalue weighted by atomic mass is 16.6. The highest BCUT2D eigenvalue weighted by Crippen LogP contribution is 2.34. The van der Waals surface area contributed by atoms with Gasteiger partial charge >= 0.3 is 5.82 Å². The second kappa shape index (κ2) is 8.22. The van der Waals surface area contributed by atoms with Crippen molar-refractivity contribution in [3.8, 4) is 17.0 Å². The third-order valence-electron chi connectivity index (χ3n) is 6.25. The van der Waals surface area contributed by atoms with E-state index in [-0.39, 0.29) is 22.6 Å². The third kappa shape index (κ3) is 4.88. The Bertz CT molecular complexity index is 1120. The van der Waals surface area contributed by atoms with Crippen molar-refractivity contribution in [3.05, 3.63) is 57.9 Å². The lowest BCUT2D eigenvalue weighted by molar-refractivity contribution is -0.425. The molecule has 1 aromatic carbocycles. The van der Waals surface area contributed by atoms with Crippen LogP contribution in [0.2, 0.25) is 0 Å². The van der Waals surface area contributed by atoms with Gasteiger partial charge in [0.25, 0.3) is 0 Å². The molecule has 2 aromatic rings. The third-order valence-corrected chi connectivity index (χ3v) is 6.25. The quantitative estimate of drug-likeness (QED) is 0.524. The van der Waals surface area contributed by atoms with Gasteiger partial charge in [0.05, 0.1) is 5.69 Å². The van der Waals surface area contributed by atoms with E-state index in [9.17, 15) is 15.2 Å². The molecule has 2 N–H and O–H groups in total. The smallest absolute Gasteiger partial charge is 0.360 e. The summed E-state index contributed by atoms with van der Waals surface area (Å²) in [5.74, 6) is 0.647. The summed E-state index contributed by atoms with van der Waals surface area (Å²) in [5.41, 5.74) is 2.36. The fraction of sp³-hybridized carbons (Fsp3) is 0.458. The van der Waals surface area contributed by atoms with Crippen LogP contribution in [0.15, 0.2) is 47.2 Å². The van der Waals surface area contributed by atoms with Crippen molar-refractivity contribution in [1.82, 2.24) is 15.5 Å². The van der Waals surface area contributed by atoms with E-state index >= 15 is 0 Å². The average molecular weight is 451 g/mol. The Morgan fingerprint density at radius 1 is 1.12 bits per heavy atom. The molecule has 9 heteroatoms. The van der Waals surface area contributed by atoms with Crippen LogP contribution >= 0.6 is 0 Å². The van der Waals surface area contributed by atoms with Gasteiger partial charge in [0.1, 0.15) is 5.75 Å². The number of aliphatic imine (C=N–C) groups is 1. The predicted octanol–water partition coefficient (Wildman–Crippen LogP) is 3.91. The normalized spacial score (nSPS) is 19.7. The number of benzene rings is 1. The molecule has 0 atom stereocenters. The summed E-state index contributed by atoms with van der Waals surface area (Å²) in [5, 5.41) is 34.0. The van der Waals surface area contributed by atoms with Crippen LogP contribution in [0.4, 0.5) is 5.82 Å². The SMILES string of the molecule is CN(c1ccc(-c2ccc(C3=NC([N+](=O)[O-])=CC3)cc2O)nn1)C1CC(C)(C)NC(C)(C)C1. The molecule has 3 heterocycles. The molecule has 4 rings (SSSR count). The van der Waals surface area contributed by atoms with Gasteiger partial charge in [0.15, 0.2) is 11.5 Å². The summed E-state index contributed by atoms with van der Waals surface area (Å²) < 4.78 is 0. The van der Waals surface area contributed by atoms with Crippen LogP contribution in [-0.4, -0.2) is 50.1 Å². The Balaban J connectivity index is 1.52. The number of phenolic OH excluding ortho intramolecular Hbond substituents is 1. The lowest BCUT2D eigenvalue weighted by Gasteiger charge is -2.49. The number of rotatable bonds is 5. The fourth-order valence-corrected chi connectivity index (χ4v) is 5.03. The van der Waals surface area contributed by atoms with Gasteiger partial charge in [-0.3, -0.25) is 0 Å². The Morgan fingerprint density at radius 2 is 1.82 bits per heavy atom. The molecular weight excluding hydrogens is 420 g/mol. The van der Waals surface area contributed by atoms with Crippen LogP contribution in [0.25, 0.3) is 11.3 Å². The molecule has 2 aliphatic rings. The van der Waals surface area contributed by atoms with Crippen molar-refractivity contribution in [2.24, 2.45) is 4.99 Å². The molecule has 0 unspecified atom stereocenters. The van der Waals surface area contributed by atoms with Gasteiger partial charge in [0, 0.05) is 47.8 Å². The summed E-state index contributed by atoms with van der Waals surface area (Å²) >= 11 is 0. The van der Waals surface area contributed by atoms with Crippen molar-refractivity contribution in [3.63, 3.8) is 0 Å². The maximum atomic E-state index is 10.9. The number of hydrogen-bond acceptors (Lipinski definition) is 8. The van der Waals surface area contributed by atoms with E-state index < -0.39 is 4.92 Å². The zero-order valence-corrected chi connectivity index (χ0v) is 19.7. The highest BCUT2D eigenvalue weighted by molar-refractivity contribution is 6.04. The van der Waals surface area contributed by atoms with E-state index in [2.05, 4.69) is 53.1 Å². The molecule has 0 aliphatic carbocycles.